The fourth-order valence-corrected chi connectivity index (χ4v) is 5.78. The Hall–Kier alpha value is -3.13. The monoisotopic (exact) mass is 476 g/mol. The van der Waals surface area contributed by atoms with E-state index >= 15 is 0 Å². The first kappa shape index (κ1) is 22.7. The zero-order valence-electron chi connectivity index (χ0n) is 19.0. The molecule has 3 aliphatic rings. The summed E-state index contributed by atoms with van der Waals surface area (Å²) in [6.07, 6.45) is 6.84. The fraction of sp³-hybridized carbons (Fsp3) is 0.385. The molecule has 1 saturated heterocycles. The molecule has 2 aliphatic heterocycles. The number of nitrogens with one attached hydrogen (secondary N) is 2. The molecule has 2 aromatic carbocycles. The number of thioether (sulfide) groups is 1. The van der Waals surface area contributed by atoms with Crippen molar-refractivity contribution >= 4 is 46.0 Å². The fourth-order valence-electron chi connectivity index (χ4n) is 4.67. The lowest BCUT2D eigenvalue weighted by molar-refractivity contribution is -0.121. The number of carbonyl (C=O) groups is 3. The Bertz CT molecular complexity index is 1140. The lowest BCUT2D eigenvalue weighted by Crippen LogP contribution is -2.33. The third-order valence-electron chi connectivity index (χ3n) is 6.51. The van der Waals surface area contributed by atoms with E-state index in [9.17, 15) is 14.4 Å². The number of rotatable bonds is 5. The topological polar surface area (TPSA) is 90.9 Å². The number of piperidine rings is 1. The molecule has 0 saturated carbocycles. The van der Waals surface area contributed by atoms with Gasteiger partial charge >= 0.3 is 0 Å². The van der Waals surface area contributed by atoms with E-state index in [0.717, 1.165) is 49.6 Å². The Kier molecular flexibility index (Phi) is 6.67. The lowest BCUT2D eigenvalue weighted by atomic mass is 10.1. The molecule has 0 aromatic heterocycles. The Morgan fingerprint density at radius 1 is 0.912 bits per heavy atom. The van der Waals surface area contributed by atoms with Gasteiger partial charge in [0.2, 0.25) is 5.91 Å². The molecule has 34 heavy (non-hydrogen) atoms. The van der Waals surface area contributed by atoms with Gasteiger partial charge in [0.1, 0.15) is 5.25 Å². The number of hydrogen-bond donors (Lipinski definition) is 2. The molecule has 0 radical (unpaired) electrons. The molecule has 7 nitrogen and oxygen atoms in total. The van der Waals surface area contributed by atoms with Crippen LogP contribution in [0.5, 0.6) is 0 Å². The van der Waals surface area contributed by atoms with Crippen molar-refractivity contribution in [2.24, 2.45) is 4.99 Å². The van der Waals surface area contributed by atoms with Gasteiger partial charge in [-0.1, -0.05) is 17.8 Å². The number of carbonyl (C=O) groups excluding carboxylic acids is 3. The van der Waals surface area contributed by atoms with Crippen molar-refractivity contribution in [2.75, 3.05) is 23.7 Å². The van der Waals surface area contributed by atoms with Crippen LogP contribution in [0.15, 0.2) is 47.5 Å². The van der Waals surface area contributed by atoms with Crippen LogP contribution in [0.25, 0.3) is 0 Å². The average molecular weight is 477 g/mol. The Balaban J connectivity index is 1.12. The van der Waals surface area contributed by atoms with E-state index in [2.05, 4.69) is 32.7 Å². The molecule has 5 rings (SSSR count). The number of hydrogen-bond acceptors (Lipinski definition) is 5. The van der Waals surface area contributed by atoms with Crippen LogP contribution in [0.1, 0.15) is 53.6 Å². The molecule has 2 heterocycles. The van der Waals surface area contributed by atoms with Crippen LogP contribution in [0.3, 0.4) is 0 Å². The Labute approximate surface area is 203 Å². The number of fused-ring (bicyclic) bond motifs is 1. The molecule has 0 spiro atoms. The zero-order valence-corrected chi connectivity index (χ0v) is 19.8. The molecule has 8 heteroatoms. The molecule has 2 N–H and O–H groups in total. The molecular formula is C26H28N4O3S. The number of benzene rings is 2. The summed E-state index contributed by atoms with van der Waals surface area (Å²) in [5, 5.41) is 6.05. The predicted octanol–water partition coefficient (Wildman–Crippen LogP) is 4.24. The summed E-state index contributed by atoms with van der Waals surface area (Å²) in [5.41, 5.74) is 4.58. The molecule has 1 aliphatic carbocycles. The van der Waals surface area contributed by atoms with Crippen molar-refractivity contribution in [3.05, 3.63) is 59.2 Å². The maximum Gasteiger partial charge on any atom is 0.262 e. The first-order valence-corrected chi connectivity index (χ1v) is 12.8. The van der Waals surface area contributed by atoms with Gasteiger partial charge in [-0.25, -0.2) is 0 Å². The van der Waals surface area contributed by atoms with Gasteiger partial charge in [-0.2, -0.15) is 4.99 Å². The predicted molar refractivity (Wildman–Crippen MR) is 135 cm³/mol. The van der Waals surface area contributed by atoms with Crippen molar-refractivity contribution in [3.8, 4) is 0 Å². The third kappa shape index (κ3) is 5.17. The summed E-state index contributed by atoms with van der Waals surface area (Å²) >= 11 is 1.39. The number of aliphatic imine (C=N–C) groups is 1. The van der Waals surface area contributed by atoms with Gasteiger partial charge in [0.05, 0.1) is 0 Å². The highest BCUT2D eigenvalue weighted by Crippen LogP contribution is 2.29. The van der Waals surface area contributed by atoms with E-state index in [0.29, 0.717) is 11.3 Å². The second kappa shape index (κ2) is 10.0. The van der Waals surface area contributed by atoms with E-state index in [1.54, 1.807) is 24.3 Å². The molecule has 2 aromatic rings. The second-order valence-corrected chi connectivity index (χ2v) is 10.2. The molecule has 3 amide bonds. The van der Waals surface area contributed by atoms with Crippen molar-refractivity contribution in [3.63, 3.8) is 0 Å². The van der Waals surface area contributed by atoms with E-state index in [-0.39, 0.29) is 24.1 Å². The van der Waals surface area contributed by atoms with Crippen molar-refractivity contribution in [1.29, 1.82) is 0 Å². The Morgan fingerprint density at radius 2 is 1.65 bits per heavy atom. The normalized spacial score (nSPS) is 19.5. The van der Waals surface area contributed by atoms with E-state index < -0.39 is 5.25 Å². The lowest BCUT2D eigenvalue weighted by Gasteiger charge is -2.27. The van der Waals surface area contributed by atoms with E-state index in [1.807, 2.05) is 6.07 Å². The van der Waals surface area contributed by atoms with Crippen LogP contribution in [0.4, 0.5) is 11.4 Å². The van der Waals surface area contributed by atoms with Crippen LogP contribution in [0, 0.1) is 0 Å². The summed E-state index contributed by atoms with van der Waals surface area (Å²) < 4.78 is 0. The summed E-state index contributed by atoms with van der Waals surface area (Å²) in [6, 6.07) is 12.9. The van der Waals surface area contributed by atoms with Crippen LogP contribution in [-0.4, -0.2) is 46.1 Å². The van der Waals surface area contributed by atoms with Gasteiger partial charge in [0, 0.05) is 36.4 Å². The maximum atomic E-state index is 12.6. The first-order chi connectivity index (χ1) is 16.5. The summed E-state index contributed by atoms with van der Waals surface area (Å²) in [7, 11) is 0. The molecule has 0 bridgehead atoms. The third-order valence-corrected chi connectivity index (χ3v) is 7.73. The summed E-state index contributed by atoms with van der Waals surface area (Å²) in [4.78, 5) is 43.8. The highest BCUT2D eigenvalue weighted by molar-refractivity contribution is 8.15. The summed E-state index contributed by atoms with van der Waals surface area (Å²) in [6.45, 7) is 1.84. The molecule has 1 unspecified atom stereocenters. The standard InChI is InChI=1S/C26H28N4O3S/c31-23(16-22-25(33)29-26(34-22)30-13-2-1-3-14-30)27-20-10-8-18(9-11-20)24(32)28-21-12-7-17-5-4-6-19(17)15-21/h7-12,15,22H,1-6,13-14,16H2,(H,27,31)(H,28,32). The van der Waals surface area contributed by atoms with Crippen LogP contribution >= 0.6 is 11.8 Å². The highest BCUT2D eigenvalue weighted by atomic mass is 32.2. The minimum atomic E-state index is -0.478. The quantitative estimate of drug-likeness (QED) is 0.674. The number of amidine groups is 1. The van der Waals surface area contributed by atoms with Crippen molar-refractivity contribution in [2.45, 2.75) is 50.2 Å². The first-order valence-electron chi connectivity index (χ1n) is 11.9. The van der Waals surface area contributed by atoms with E-state index in [1.165, 1.54) is 35.7 Å². The van der Waals surface area contributed by atoms with Crippen LogP contribution < -0.4 is 10.6 Å². The van der Waals surface area contributed by atoms with Crippen molar-refractivity contribution in [1.82, 2.24) is 4.90 Å². The van der Waals surface area contributed by atoms with Gasteiger partial charge in [-0.05, 0) is 86.1 Å². The Morgan fingerprint density at radius 3 is 2.44 bits per heavy atom. The molecule has 1 fully saturated rings. The molecule has 1 atom stereocenters. The maximum absolute atomic E-state index is 12.6. The van der Waals surface area contributed by atoms with Crippen molar-refractivity contribution < 1.29 is 14.4 Å². The van der Waals surface area contributed by atoms with Gasteiger partial charge in [0.25, 0.3) is 11.8 Å². The smallest absolute Gasteiger partial charge is 0.262 e. The minimum absolute atomic E-state index is 0.0743. The van der Waals surface area contributed by atoms with Crippen LogP contribution in [0.2, 0.25) is 0 Å². The average Bonchev–Trinajstić information content (AvgIpc) is 3.46. The summed E-state index contributed by atoms with van der Waals surface area (Å²) in [5.74, 6) is -0.665. The number of aryl methyl sites for hydroxylation is 2. The molecular weight excluding hydrogens is 448 g/mol. The minimum Gasteiger partial charge on any atom is -0.351 e. The largest absolute Gasteiger partial charge is 0.351 e. The van der Waals surface area contributed by atoms with Gasteiger partial charge in [0.15, 0.2) is 5.17 Å². The molecule has 176 valence electrons. The van der Waals surface area contributed by atoms with Crippen LogP contribution in [-0.2, 0) is 22.4 Å². The SMILES string of the molecule is O=C(CC1SC(N2CCCCC2)=NC1=O)Nc1ccc(C(=O)Nc2ccc3c(c2)CCC3)cc1. The number of nitrogens with zero attached hydrogens (tertiary/aromatic N) is 2. The van der Waals surface area contributed by atoms with Gasteiger partial charge in [-0.15, -0.1) is 0 Å². The zero-order chi connectivity index (χ0) is 23.5. The number of likely N-dealkylation sites (tertiary alicyclic amines) is 1. The highest BCUT2D eigenvalue weighted by Gasteiger charge is 2.33. The second-order valence-electron chi connectivity index (χ2n) is 9.01. The van der Waals surface area contributed by atoms with Gasteiger partial charge < -0.3 is 15.5 Å². The number of anilines is 2. The van der Waals surface area contributed by atoms with E-state index in [4.69, 9.17) is 0 Å². The number of amides is 3. The van der Waals surface area contributed by atoms with Gasteiger partial charge in [-0.3, -0.25) is 14.4 Å².